The van der Waals surface area contributed by atoms with Crippen molar-refractivity contribution in [3.8, 4) is 0 Å². The molecule has 0 bridgehead atoms. The number of rotatable bonds is 6. The van der Waals surface area contributed by atoms with Gasteiger partial charge in [-0.2, -0.15) is 0 Å². The third-order valence-corrected chi connectivity index (χ3v) is 8.19. The lowest BCUT2D eigenvalue weighted by Crippen LogP contribution is -2.52. The number of anilines is 1. The number of ether oxygens (including phenoxy) is 1. The van der Waals surface area contributed by atoms with E-state index in [0.717, 1.165) is 9.21 Å². The molecule has 11 heteroatoms. The summed E-state index contributed by atoms with van der Waals surface area (Å²) in [5.74, 6) is -3.09. The molecule has 2 heterocycles. The second-order valence-electron chi connectivity index (χ2n) is 8.41. The van der Waals surface area contributed by atoms with Gasteiger partial charge in [-0.1, -0.05) is 18.2 Å². The minimum Gasteiger partial charge on any atom is -0.507 e. The molecule has 1 N–H and O–H groups in total. The fourth-order valence-corrected chi connectivity index (χ4v) is 5.50. The first kappa shape index (κ1) is 24.6. The maximum atomic E-state index is 13.8. The third kappa shape index (κ3) is 3.38. The highest BCUT2D eigenvalue weighted by molar-refractivity contribution is 7.89. The molecule has 2 aliphatic rings. The standard InChI is InChI=1S/C24H25N3O7S/c1-25(2)35(32,33)16-11-9-15(10-12-16)20(28)19-21(29)22(30)27(13-14-34-4)24(19)17-7-5-6-8-18(17)26(3)23(24)31/h5-12,28H,13-14H2,1-4H3/t24-/m0/s1. The highest BCUT2D eigenvalue weighted by Crippen LogP contribution is 2.53. The summed E-state index contributed by atoms with van der Waals surface area (Å²) in [6.07, 6.45) is 0. The van der Waals surface area contributed by atoms with E-state index in [0.29, 0.717) is 11.3 Å². The molecule has 1 spiro atoms. The van der Waals surface area contributed by atoms with E-state index in [2.05, 4.69) is 0 Å². The topological polar surface area (TPSA) is 125 Å². The van der Waals surface area contributed by atoms with Crippen LogP contribution in [-0.4, -0.2) is 81.7 Å². The number of ketones is 1. The Bertz CT molecular complexity index is 1370. The van der Waals surface area contributed by atoms with E-state index in [1.165, 1.54) is 57.4 Å². The second kappa shape index (κ2) is 8.59. The first-order chi connectivity index (χ1) is 16.5. The van der Waals surface area contributed by atoms with Crippen molar-refractivity contribution in [1.82, 2.24) is 9.21 Å². The summed E-state index contributed by atoms with van der Waals surface area (Å²) in [6.45, 7) is -0.00313. The van der Waals surface area contributed by atoms with Crippen LogP contribution >= 0.6 is 0 Å². The molecule has 0 saturated carbocycles. The first-order valence-corrected chi connectivity index (χ1v) is 12.1. The van der Waals surface area contributed by atoms with Gasteiger partial charge in [0.1, 0.15) is 5.76 Å². The average molecular weight is 500 g/mol. The fraction of sp³-hybridized carbons (Fsp3) is 0.292. The van der Waals surface area contributed by atoms with E-state index >= 15 is 0 Å². The summed E-state index contributed by atoms with van der Waals surface area (Å²) in [4.78, 5) is 42.7. The first-order valence-electron chi connectivity index (χ1n) is 10.7. The molecule has 2 amide bonds. The predicted octanol–water partition coefficient (Wildman–Crippen LogP) is 1.14. The van der Waals surface area contributed by atoms with Gasteiger partial charge in [0, 0.05) is 51.6 Å². The number of aliphatic hydroxyl groups excluding tert-OH is 1. The molecule has 4 rings (SSSR count). The zero-order valence-corrected chi connectivity index (χ0v) is 20.5. The lowest BCUT2D eigenvalue weighted by atomic mass is 9.82. The Kier molecular flexibility index (Phi) is 6.04. The Balaban J connectivity index is 1.97. The van der Waals surface area contributed by atoms with E-state index in [9.17, 15) is 27.9 Å². The van der Waals surface area contributed by atoms with Gasteiger partial charge in [-0.15, -0.1) is 0 Å². The molecule has 2 aromatic rings. The summed E-state index contributed by atoms with van der Waals surface area (Å²) >= 11 is 0. The average Bonchev–Trinajstić information content (AvgIpc) is 3.20. The van der Waals surface area contributed by atoms with Crippen LogP contribution in [0.3, 0.4) is 0 Å². The molecule has 0 aliphatic carbocycles. The number of nitrogens with zero attached hydrogens (tertiary/aromatic N) is 3. The number of carbonyl (C=O) groups is 3. The van der Waals surface area contributed by atoms with Crippen molar-refractivity contribution in [3.05, 3.63) is 65.2 Å². The van der Waals surface area contributed by atoms with Crippen LogP contribution in [0.4, 0.5) is 5.69 Å². The Morgan fingerprint density at radius 2 is 1.69 bits per heavy atom. The number of Topliss-reactive ketones (excluding diaryl/α,β-unsaturated/α-hetero) is 1. The fourth-order valence-electron chi connectivity index (χ4n) is 4.59. The normalized spacial score (nSPS) is 21.5. The minimum atomic E-state index is -3.72. The van der Waals surface area contributed by atoms with Crippen molar-refractivity contribution in [3.63, 3.8) is 0 Å². The number of amides is 2. The van der Waals surface area contributed by atoms with Gasteiger partial charge in [-0.25, -0.2) is 12.7 Å². The number of para-hydroxylation sites is 1. The van der Waals surface area contributed by atoms with Crippen LogP contribution in [0.5, 0.6) is 0 Å². The molecule has 1 saturated heterocycles. The zero-order valence-electron chi connectivity index (χ0n) is 19.7. The van der Waals surface area contributed by atoms with E-state index in [1.54, 1.807) is 24.3 Å². The number of likely N-dealkylation sites (N-methyl/N-ethyl adjacent to an activating group) is 1. The second-order valence-corrected chi connectivity index (χ2v) is 10.6. The molecule has 2 aliphatic heterocycles. The molecule has 1 atom stereocenters. The number of fused-ring (bicyclic) bond motifs is 2. The monoisotopic (exact) mass is 499 g/mol. The van der Waals surface area contributed by atoms with Gasteiger partial charge < -0.3 is 19.6 Å². The summed E-state index contributed by atoms with van der Waals surface area (Å²) in [5.41, 5.74) is -1.28. The number of hydrogen-bond donors (Lipinski definition) is 1. The molecule has 184 valence electrons. The number of methoxy groups -OCH3 is 1. The summed E-state index contributed by atoms with van der Waals surface area (Å²) < 4.78 is 31.0. The lowest BCUT2D eigenvalue weighted by molar-refractivity contribution is -0.144. The zero-order chi connectivity index (χ0) is 25.7. The molecule has 0 aromatic heterocycles. The number of sulfonamides is 1. The van der Waals surface area contributed by atoms with E-state index in [1.807, 2.05) is 0 Å². The van der Waals surface area contributed by atoms with Crippen LogP contribution in [0.1, 0.15) is 11.1 Å². The van der Waals surface area contributed by atoms with Crippen LogP contribution in [0.2, 0.25) is 0 Å². The summed E-state index contributed by atoms with van der Waals surface area (Å²) in [7, 11) is 2.03. The molecular formula is C24H25N3O7S. The Hall–Kier alpha value is -3.54. The quantitative estimate of drug-likeness (QED) is 0.359. The maximum Gasteiger partial charge on any atom is 0.296 e. The van der Waals surface area contributed by atoms with Crippen molar-refractivity contribution in [2.45, 2.75) is 10.4 Å². The van der Waals surface area contributed by atoms with E-state index in [4.69, 9.17) is 4.74 Å². The Labute approximate surface area is 203 Å². The van der Waals surface area contributed by atoms with Gasteiger partial charge in [-0.05, 0) is 30.3 Å². The predicted molar refractivity (Wildman–Crippen MR) is 127 cm³/mol. The van der Waals surface area contributed by atoms with Gasteiger partial charge in [-0.3, -0.25) is 14.4 Å². The molecule has 1 fully saturated rings. The van der Waals surface area contributed by atoms with Gasteiger partial charge in [0.15, 0.2) is 5.54 Å². The maximum absolute atomic E-state index is 13.8. The van der Waals surface area contributed by atoms with Crippen molar-refractivity contribution in [2.75, 3.05) is 46.3 Å². The Morgan fingerprint density at radius 3 is 2.29 bits per heavy atom. The number of likely N-dealkylation sites (tertiary alicyclic amines) is 1. The van der Waals surface area contributed by atoms with E-state index in [-0.39, 0.29) is 29.2 Å². The summed E-state index contributed by atoms with van der Waals surface area (Å²) in [6, 6.07) is 12.0. The SMILES string of the molecule is COCCN1C(=O)C(=O)C(=C(O)c2ccc(S(=O)(=O)N(C)C)cc2)[C@@]12C(=O)N(C)c1ccccc12. The summed E-state index contributed by atoms with van der Waals surface area (Å²) in [5, 5.41) is 11.3. The highest BCUT2D eigenvalue weighted by Gasteiger charge is 2.66. The number of hydrogen-bond acceptors (Lipinski definition) is 7. The molecule has 35 heavy (non-hydrogen) atoms. The van der Waals surface area contributed by atoms with Crippen LogP contribution < -0.4 is 4.90 Å². The van der Waals surface area contributed by atoms with Crippen LogP contribution in [0.15, 0.2) is 59.0 Å². The number of aliphatic hydroxyl groups is 1. The molecular weight excluding hydrogens is 474 g/mol. The van der Waals surface area contributed by atoms with Crippen LogP contribution in [0, 0.1) is 0 Å². The van der Waals surface area contributed by atoms with Crippen molar-refractivity contribution in [2.24, 2.45) is 0 Å². The van der Waals surface area contributed by atoms with Crippen LogP contribution in [0.25, 0.3) is 5.76 Å². The lowest BCUT2D eigenvalue weighted by Gasteiger charge is -2.34. The third-order valence-electron chi connectivity index (χ3n) is 6.36. The molecule has 2 aromatic carbocycles. The van der Waals surface area contributed by atoms with Gasteiger partial charge >= 0.3 is 0 Å². The van der Waals surface area contributed by atoms with Crippen LogP contribution in [-0.2, 0) is 34.7 Å². The van der Waals surface area contributed by atoms with Crippen molar-refractivity contribution < 1.29 is 32.6 Å². The van der Waals surface area contributed by atoms with Gasteiger partial charge in [0.05, 0.1) is 17.1 Å². The van der Waals surface area contributed by atoms with E-state index < -0.39 is 38.9 Å². The van der Waals surface area contributed by atoms with Crippen molar-refractivity contribution >= 4 is 39.1 Å². The number of benzene rings is 2. The van der Waals surface area contributed by atoms with Crippen molar-refractivity contribution in [1.29, 1.82) is 0 Å². The van der Waals surface area contributed by atoms with Gasteiger partial charge in [0.25, 0.3) is 17.6 Å². The molecule has 0 unspecified atom stereocenters. The smallest absolute Gasteiger partial charge is 0.296 e. The van der Waals surface area contributed by atoms with Gasteiger partial charge in [0.2, 0.25) is 10.0 Å². The number of carbonyl (C=O) groups excluding carboxylic acids is 3. The molecule has 0 radical (unpaired) electrons. The highest BCUT2D eigenvalue weighted by atomic mass is 32.2. The minimum absolute atomic E-state index is 0.0173. The largest absolute Gasteiger partial charge is 0.507 e. The Morgan fingerprint density at radius 1 is 1.06 bits per heavy atom. The molecule has 10 nitrogen and oxygen atoms in total.